The second kappa shape index (κ2) is 11.4. The maximum absolute atomic E-state index is 13.8. The van der Waals surface area contributed by atoms with E-state index in [9.17, 15) is 29.4 Å². The van der Waals surface area contributed by atoms with Crippen LogP contribution in [0.2, 0.25) is 5.02 Å². The number of hydrogen-bond donors (Lipinski definition) is 2. The predicted molar refractivity (Wildman–Crippen MR) is 150 cm³/mol. The molecular formula is C31H21ClN2O7. The zero-order chi connectivity index (χ0) is 29.1. The van der Waals surface area contributed by atoms with Crippen LogP contribution < -0.4 is 4.74 Å². The monoisotopic (exact) mass is 568 g/mol. The third-order valence-electron chi connectivity index (χ3n) is 6.54. The molecule has 10 heteroatoms. The van der Waals surface area contributed by atoms with Crippen molar-refractivity contribution >= 4 is 41.1 Å². The van der Waals surface area contributed by atoms with E-state index in [2.05, 4.69) is 5.10 Å². The summed E-state index contributed by atoms with van der Waals surface area (Å²) in [4.78, 5) is 50.5. The van der Waals surface area contributed by atoms with Crippen LogP contribution in [-0.2, 0) is 0 Å². The van der Waals surface area contributed by atoms with Crippen LogP contribution >= 0.6 is 11.6 Å². The van der Waals surface area contributed by atoms with Crippen molar-refractivity contribution in [3.8, 4) is 5.75 Å². The van der Waals surface area contributed by atoms with Crippen LogP contribution in [0.25, 0.3) is 0 Å². The first-order valence-electron chi connectivity index (χ1n) is 12.4. The average Bonchev–Trinajstić information content (AvgIpc) is 3.42. The summed E-state index contributed by atoms with van der Waals surface area (Å²) >= 11 is 6.05. The van der Waals surface area contributed by atoms with Gasteiger partial charge in [-0.25, -0.2) is 19.4 Å². The summed E-state index contributed by atoms with van der Waals surface area (Å²) in [6.45, 7) is 0. The fourth-order valence-electron chi connectivity index (χ4n) is 4.59. The highest BCUT2D eigenvalue weighted by Crippen LogP contribution is 2.39. The number of para-hydroxylation sites is 1. The topological polar surface area (TPSA) is 134 Å². The standard InChI is InChI=1S/C31H21ClN2O7/c32-19-15-13-18(14-16-19)25-17-26(34(33-25)28(35)20-7-1-2-8-21(20)29(36)37)24-11-5-6-12-27(24)41-31(40)23-10-4-3-9-22(23)30(38)39/h1-16,26H,17H2,(H,36,37)(H,38,39)/t26-/m0/s1. The molecule has 0 spiro atoms. The molecule has 4 aromatic carbocycles. The summed E-state index contributed by atoms with van der Waals surface area (Å²) in [7, 11) is 0. The van der Waals surface area contributed by atoms with Gasteiger partial charge in [0.25, 0.3) is 5.91 Å². The summed E-state index contributed by atoms with van der Waals surface area (Å²) in [6.07, 6.45) is 0.211. The molecule has 5 rings (SSSR count). The number of carbonyl (C=O) groups excluding carboxylic acids is 2. The fourth-order valence-corrected chi connectivity index (χ4v) is 4.71. The molecule has 0 unspecified atom stereocenters. The lowest BCUT2D eigenvalue weighted by Gasteiger charge is -2.24. The zero-order valence-corrected chi connectivity index (χ0v) is 22.0. The Labute approximate surface area is 238 Å². The molecule has 0 bridgehead atoms. The molecular weight excluding hydrogens is 548 g/mol. The molecule has 1 heterocycles. The van der Waals surface area contributed by atoms with Gasteiger partial charge in [-0.2, -0.15) is 5.10 Å². The summed E-state index contributed by atoms with van der Waals surface area (Å²) in [5.41, 5.74) is 1.06. The second-order valence-corrected chi connectivity index (χ2v) is 9.49. The highest BCUT2D eigenvalue weighted by molar-refractivity contribution is 6.30. The van der Waals surface area contributed by atoms with Crippen LogP contribution in [0.3, 0.4) is 0 Å². The normalized spacial score (nSPS) is 14.3. The third kappa shape index (κ3) is 5.57. The van der Waals surface area contributed by atoms with Gasteiger partial charge in [0, 0.05) is 17.0 Å². The van der Waals surface area contributed by atoms with Crippen LogP contribution in [0.4, 0.5) is 0 Å². The lowest BCUT2D eigenvalue weighted by Crippen LogP contribution is -2.29. The summed E-state index contributed by atoms with van der Waals surface area (Å²) in [5.74, 6) is -4.00. The van der Waals surface area contributed by atoms with Gasteiger partial charge in [0.2, 0.25) is 0 Å². The number of rotatable bonds is 7. The van der Waals surface area contributed by atoms with Crippen molar-refractivity contribution in [3.05, 3.63) is 135 Å². The van der Waals surface area contributed by atoms with Gasteiger partial charge in [-0.05, 0) is 48.0 Å². The molecule has 1 atom stereocenters. The molecule has 204 valence electrons. The number of carboxylic acid groups (broad SMARTS) is 2. The van der Waals surface area contributed by atoms with E-state index in [0.29, 0.717) is 21.9 Å². The molecule has 1 aliphatic rings. The molecule has 2 N–H and O–H groups in total. The number of esters is 1. The van der Waals surface area contributed by atoms with Crippen molar-refractivity contribution in [2.75, 3.05) is 0 Å². The van der Waals surface area contributed by atoms with Gasteiger partial charge in [0.05, 0.1) is 34.0 Å². The molecule has 41 heavy (non-hydrogen) atoms. The lowest BCUT2D eigenvalue weighted by molar-refractivity contribution is 0.0651. The maximum Gasteiger partial charge on any atom is 0.344 e. The molecule has 0 saturated carbocycles. The Balaban J connectivity index is 1.56. The van der Waals surface area contributed by atoms with Gasteiger partial charge in [0.1, 0.15) is 5.75 Å². The van der Waals surface area contributed by atoms with Crippen molar-refractivity contribution in [1.29, 1.82) is 0 Å². The Kier molecular flexibility index (Phi) is 7.62. The van der Waals surface area contributed by atoms with Gasteiger partial charge in [-0.3, -0.25) is 4.79 Å². The average molecular weight is 569 g/mol. The number of aromatic carboxylic acids is 2. The molecule has 0 aromatic heterocycles. The first kappa shape index (κ1) is 27.3. The van der Waals surface area contributed by atoms with Crippen LogP contribution in [0, 0.1) is 0 Å². The molecule has 9 nitrogen and oxygen atoms in total. The number of hydrogen-bond acceptors (Lipinski definition) is 6. The lowest BCUT2D eigenvalue weighted by atomic mass is 9.97. The van der Waals surface area contributed by atoms with Gasteiger partial charge in [-0.15, -0.1) is 0 Å². The first-order valence-corrected chi connectivity index (χ1v) is 12.7. The predicted octanol–water partition coefficient (Wildman–Crippen LogP) is 5.95. The van der Waals surface area contributed by atoms with E-state index >= 15 is 0 Å². The number of carboxylic acids is 2. The van der Waals surface area contributed by atoms with Crippen molar-refractivity contribution in [2.45, 2.75) is 12.5 Å². The largest absolute Gasteiger partial charge is 0.478 e. The SMILES string of the molecule is O=C(O)c1ccccc1C(=O)Oc1ccccc1[C@@H]1CC(c2ccc(Cl)cc2)=NN1C(=O)c1ccccc1C(=O)O. The molecule has 4 aromatic rings. The van der Waals surface area contributed by atoms with Gasteiger partial charge >= 0.3 is 17.9 Å². The quantitative estimate of drug-likeness (QED) is 0.208. The number of benzene rings is 4. The Bertz CT molecular complexity index is 1720. The van der Waals surface area contributed by atoms with Crippen LogP contribution in [0.1, 0.15) is 65.0 Å². The van der Waals surface area contributed by atoms with Crippen molar-refractivity contribution in [2.24, 2.45) is 5.10 Å². The minimum atomic E-state index is -1.28. The summed E-state index contributed by atoms with van der Waals surface area (Å²) in [6, 6.07) is 24.1. The number of hydrazone groups is 1. The second-order valence-electron chi connectivity index (χ2n) is 9.05. The maximum atomic E-state index is 13.8. The Hall–Kier alpha value is -5.28. The van der Waals surface area contributed by atoms with E-state index in [-0.39, 0.29) is 34.4 Å². The summed E-state index contributed by atoms with van der Waals surface area (Å²) < 4.78 is 5.68. The Morgan fingerprint density at radius 3 is 1.90 bits per heavy atom. The number of halogens is 1. The number of carbonyl (C=O) groups is 4. The molecule has 1 amide bonds. The third-order valence-corrected chi connectivity index (χ3v) is 6.79. The van der Waals surface area contributed by atoms with E-state index in [1.807, 2.05) is 0 Å². The van der Waals surface area contributed by atoms with Gasteiger partial charge in [-0.1, -0.05) is 66.2 Å². The van der Waals surface area contributed by atoms with E-state index in [1.165, 1.54) is 53.5 Å². The van der Waals surface area contributed by atoms with E-state index in [1.54, 1.807) is 48.5 Å². The van der Waals surface area contributed by atoms with Crippen LogP contribution in [0.5, 0.6) is 5.75 Å². The van der Waals surface area contributed by atoms with Gasteiger partial charge in [0.15, 0.2) is 0 Å². The molecule has 0 saturated heterocycles. The van der Waals surface area contributed by atoms with Crippen molar-refractivity contribution < 1.29 is 34.1 Å². The van der Waals surface area contributed by atoms with Crippen LogP contribution in [-0.4, -0.2) is 44.7 Å². The molecule has 0 fully saturated rings. The number of nitrogens with zero attached hydrogens (tertiary/aromatic N) is 2. The first-order chi connectivity index (χ1) is 19.7. The molecule has 0 aliphatic carbocycles. The Morgan fingerprint density at radius 1 is 0.732 bits per heavy atom. The van der Waals surface area contributed by atoms with E-state index in [4.69, 9.17) is 16.3 Å². The Morgan fingerprint density at radius 2 is 1.27 bits per heavy atom. The number of amides is 1. The molecule has 0 radical (unpaired) electrons. The summed E-state index contributed by atoms with van der Waals surface area (Å²) in [5, 5.41) is 25.5. The van der Waals surface area contributed by atoms with Crippen LogP contribution in [0.15, 0.2) is 102 Å². The molecule has 1 aliphatic heterocycles. The smallest absolute Gasteiger partial charge is 0.344 e. The van der Waals surface area contributed by atoms with Crippen molar-refractivity contribution in [1.82, 2.24) is 5.01 Å². The number of ether oxygens (including phenoxy) is 1. The fraction of sp³-hybridized carbons (Fsp3) is 0.0645. The van der Waals surface area contributed by atoms with E-state index in [0.717, 1.165) is 0 Å². The van der Waals surface area contributed by atoms with Gasteiger partial charge < -0.3 is 14.9 Å². The zero-order valence-electron chi connectivity index (χ0n) is 21.2. The van der Waals surface area contributed by atoms with Crippen molar-refractivity contribution in [3.63, 3.8) is 0 Å². The minimum Gasteiger partial charge on any atom is -0.478 e. The van der Waals surface area contributed by atoms with E-state index < -0.39 is 29.9 Å². The highest BCUT2D eigenvalue weighted by atomic mass is 35.5. The highest BCUT2D eigenvalue weighted by Gasteiger charge is 2.37. The minimum absolute atomic E-state index is 0.0593.